The third-order valence-electron chi connectivity index (χ3n) is 4.78. The van der Waals surface area contributed by atoms with Gasteiger partial charge in [-0.2, -0.15) is 0 Å². The lowest BCUT2D eigenvalue weighted by atomic mass is 9.99. The molecule has 2 aromatic rings. The summed E-state index contributed by atoms with van der Waals surface area (Å²) in [6, 6.07) is 8.16. The molecular formula is C22H28N6O4. The number of anilines is 1. The molecule has 1 unspecified atom stereocenters. The summed E-state index contributed by atoms with van der Waals surface area (Å²) in [5.74, 6) is -1.56. The Bertz CT molecular complexity index is 947. The number of nitrogens with two attached hydrogens (primary N) is 1. The molecule has 170 valence electrons. The van der Waals surface area contributed by atoms with Crippen LogP contribution in [0.1, 0.15) is 43.9 Å². The fourth-order valence-corrected chi connectivity index (χ4v) is 2.98. The van der Waals surface area contributed by atoms with Crippen LogP contribution in [0.15, 0.2) is 48.8 Å². The summed E-state index contributed by atoms with van der Waals surface area (Å²) in [5.41, 5.74) is 7.06. The molecule has 1 heterocycles. The van der Waals surface area contributed by atoms with Gasteiger partial charge in [0.25, 0.3) is 0 Å². The number of aliphatic carboxylic acids is 1. The van der Waals surface area contributed by atoms with Crippen molar-refractivity contribution in [2.75, 3.05) is 5.32 Å². The van der Waals surface area contributed by atoms with Crippen molar-refractivity contribution in [3.8, 4) is 0 Å². The fourth-order valence-electron chi connectivity index (χ4n) is 2.98. The summed E-state index contributed by atoms with van der Waals surface area (Å²) < 4.78 is 0. The first-order valence-electron chi connectivity index (χ1n) is 10.1. The van der Waals surface area contributed by atoms with Gasteiger partial charge in [-0.25, -0.2) is 4.79 Å². The first-order chi connectivity index (χ1) is 15.2. The van der Waals surface area contributed by atoms with Gasteiger partial charge >= 0.3 is 12.0 Å². The van der Waals surface area contributed by atoms with Crippen molar-refractivity contribution in [1.82, 2.24) is 15.6 Å². The van der Waals surface area contributed by atoms with Crippen LogP contribution in [0.4, 0.5) is 10.5 Å². The average molecular weight is 441 g/mol. The van der Waals surface area contributed by atoms with Crippen molar-refractivity contribution in [2.45, 2.75) is 38.8 Å². The molecule has 32 heavy (non-hydrogen) atoms. The highest BCUT2D eigenvalue weighted by atomic mass is 16.4. The molecule has 10 nitrogen and oxygen atoms in total. The van der Waals surface area contributed by atoms with E-state index < -0.39 is 24.1 Å². The smallest absolute Gasteiger partial charge is 0.319 e. The van der Waals surface area contributed by atoms with E-state index in [2.05, 4.69) is 20.9 Å². The van der Waals surface area contributed by atoms with E-state index in [1.54, 1.807) is 42.6 Å². The Hall–Kier alpha value is -3.95. The van der Waals surface area contributed by atoms with Gasteiger partial charge in [0.15, 0.2) is 0 Å². The maximum Gasteiger partial charge on any atom is 0.319 e. The van der Waals surface area contributed by atoms with Crippen molar-refractivity contribution in [3.63, 3.8) is 0 Å². The molecule has 2 rings (SSSR count). The number of amides is 3. The number of nitrogen functional groups attached to an aromatic ring is 1. The Morgan fingerprint density at radius 3 is 2.31 bits per heavy atom. The summed E-state index contributed by atoms with van der Waals surface area (Å²) in [5, 5.41) is 24.8. The van der Waals surface area contributed by atoms with E-state index >= 15 is 0 Å². The predicted octanol–water partition coefficient (Wildman–Crippen LogP) is 2.23. The number of hydrogen-bond acceptors (Lipinski definition) is 5. The standard InChI is InChI=1S/C22H28N6O4/c1-13(2)17(28-22(32)26-16-7-5-14(6-8-16)21(23)24)10-19(29)27-18(11-20(30)31)15-4-3-9-25-12-15/h3-9,12-13,17-18H,10-11H2,1-2H3,(H3,23,24)(H,27,29)(H,30,31)(H2,26,28,32)/t17?,18-/m0/s1. The van der Waals surface area contributed by atoms with Crippen LogP contribution in [0.5, 0.6) is 0 Å². The first-order valence-corrected chi connectivity index (χ1v) is 10.1. The van der Waals surface area contributed by atoms with E-state index in [1.807, 2.05) is 13.8 Å². The van der Waals surface area contributed by atoms with Gasteiger partial charge in [0.05, 0.1) is 12.5 Å². The minimum atomic E-state index is -1.05. The van der Waals surface area contributed by atoms with E-state index in [1.165, 1.54) is 6.20 Å². The highest BCUT2D eigenvalue weighted by Gasteiger charge is 2.23. The van der Waals surface area contributed by atoms with Gasteiger partial charge < -0.3 is 26.8 Å². The van der Waals surface area contributed by atoms with E-state index in [-0.39, 0.29) is 30.5 Å². The van der Waals surface area contributed by atoms with Crippen LogP contribution in [-0.4, -0.2) is 39.9 Å². The summed E-state index contributed by atoms with van der Waals surface area (Å²) >= 11 is 0. The number of rotatable bonds is 10. The summed E-state index contributed by atoms with van der Waals surface area (Å²) in [4.78, 5) is 40.2. The zero-order valence-corrected chi connectivity index (χ0v) is 18.0. The summed E-state index contributed by atoms with van der Waals surface area (Å²) in [7, 11) is 0. The number of nitrogens with one attached hydrogen (secondary N) is 4. The SMILES string of the molecule is CC(C)C(CC(=O)N[C@@H](CC(=O)O)c1cccnc1)NC(=O)Nc1ccc(C(=N)N)cc1. The van der Waals surface area contributed by atoms with E-state index in [0.29, 0.717) is 16.8 Å². The van der Waals surface area contributed by atoms with E-state index in [4.69, 9.17) is 11.1 Å². The number of hydrogen-bond donors (Lipinski definition) is 6. The number of benzene rings is 1. The van der Waals surface area contributed by atoms with Gasteiger partial charge in [0.1, 0.15) is 5.84 Å². The molecule has 0 aliphatic carbocycles. The zero-order valence-electron chi connectivity index (χ0n) is 18.0. The molecule has 0 bridgehead atoms. The minimum absolute atomic E-state index is 0.0231. The third kappa shape index (κ3) is 7.71. The lowest BCUT2D eigenvalue weighted by Gasteiger charge is -2.24. The lowest BCUT2D eigenvalue weighted by molar-refractivity contribution is -0.137. The molecule has 7 N–H and O–H groups in total. The molecule has 0 saturated carbocycles. The Kier molecular flexibility index (Phi) is 8.70. The molecule has 0 fully saturated rings. The van der Waals surface area contributed by atoms with Crippen molar-refractivity contribution < 1.29 is 19.5 Å². The van der Waals surface area contributed by atoms with E-state index in [9.17, 15) is 19.5 Å². The number of nitrogens with zero attached hydrogens (tertiary/aromatic N) is 1. The van der Waals surface area contributed by atoms with Crippen molar-refractivity contribution >= 4 is 29.4 Å². The van der Waals surface area contributed by atoms with Gasteiger partial charge in [-0.3, -0.25) is 20.0 Å². The largest absolute Gasteiger partial charge is 0.481 e. The van der Waals surface area contributed by atoms with Crippen LogP contribution < -0.4 is 21.7 Å². The Labute approximate surface area is 186 Å². The number of urea groups is 1. The minimum Gasteiger partial charge on any atom is -0.481 e. The maximum absolute atomic E-state index is 12.6. The molecule has 1 aromatic carbocycles. The van der Waals surface area contributed by atoms with Gasteiger partial charge in [-0.1, -0.05) is 19.9 Å². The van der Waals surface area contributed by atoms with Crippen molar-refractivity contribution in [3.05, 3.63) is 59.9 Å². The first kappa shape index (κ1) is 24.3. The normalized spacial score (nSPS) is 12.5. The van der Waals surface area contributed by atoms with Crippen LogP contribution in [0, 0.1) is 11.3 Å². The number of amidine groups is 1. The van der Waals surface area contributed by atoms with Crippen molar-refractivity contribution in [2.24, 2.45) is 11.7 Å². The second-order valence-corrected chi connectivity index (χ2v) is 7.65. The highest BCUT2D eigenvalue weighted by Crippen LogP contribution is 2.17. The molecule has 0 saturated heterocycles. The van der Waals surface area contributed by atoms with Crippen LogP contribution >= 0.6 is 0 Å². The Morgan fingerprint density at radius 1 is 1.09 bits per heavy atom. The molecule has 0 aliphatic rings. The third-order valence-corrected chi connectivity index (χ3v) is 4.78. The van der Waals surface area contributed by atoms with Gasteiger partial charge in [-0.15, -0.1) is 0 Å². The number of carboxylic acids is 1. The van der Waals surface area contributed by atoms with E-state index in [0.717, 1.165) is 0 Å². The molecule has 10 heteroatoms. The molecule has 0 aliphatic heterocycles. The van der Waals surface area contributed by atoms with Crippen LogP contribution in [0.2, 0.25) is 0 Å². The molecule has 1 aromatic heterocycles. The number of carbonyl (C=O) groups excluding carboxylic acids is 2. The molecule has 3 amide bonds. The number of carboxylic acid groups (broad SMARTS) is 1. The monoisotopic (exact) mass is 440 g/mol. The van der Waals surface area contributed by atoms with Gasteiger partial charge in [-0.05, 0) is 41.8 Å². The lowest BCUT2D eigenvalue weighted by Crippen LogP contribution is -2.44. The van der Waals surface area contributed by atoms with Crippen LogP contribution in [0.25, 0.3) is 0 Å². The second kappa shape index (κ2) is 11.4. The van der Waals surface area contributed by atoms with Crippen LogP contribution in [-0.2, 0) is 9.59 Å². The van der Waals surface area contributed by atoms with Crippen LogP contribution in [0.3, 0.4) is 0 Å². The molecular weight excluding hydrogens is 412 g/mol. The maximum atomic E-state index is 12.6. The molecule has 2 atom stereocenters. The predicted molar refractivity (Wildman–Crippen MR) is 120 cm³/mol. The number of pyridine rings is 1. The highest BCUT2D eigenvalue weighted by molar-refractivity contribution is 5.96. The van der Waals surface area contributed by atoms with Gasteiger partial charge in [0, 0.05) is 36.1 Å². The van der Waals surface area contributed by atoms with Gasteiger partial charge in [0.2, 0.25) is 5.91 Å². The summed E-state index contributed by atoms with van der Waals surface area (Å²) in [6.07, 6.45) is 2.77. The average Bonchev–Trinajstić information content (AvgIpc) is 2.73. The number of aromatic nitrogens is 1. The zero-order chi connectivity index (χ0) is 23.7. The Balaban J connectivity index is 1.98. The Morgan fingerprint density at radius 2 is 1.78 bits per heavy atom. The van der Waals surface area contributed by atoms with Crippen molar-refractivity contribution in [1.29, 1.82) is 5.41 Å². The number of carbonyl (C=O) groups is 3. The quantitative estimate of drug-likeness (QED) is 0.244. The topological polar surface area (TPSA) is 170 Å². The molecule has 0 radical (unpaired) electrons. The second-order valence-electron chi connectivity index (χ2n) is 7.65. The summed E-state index contributed by atoms with van der Waals surface area (Å²) in [6.45, 7) is 3.74. The molecule has 0 spiro atoms. The fraction of sp³-hybridized carbons (Fsp3) is 0.318.